The van der Waals surface area contributed by atoms with E-state index in [1.54, 1.807) is 0 Å². The van der Waals surface area contributed by atoms with E-state index in [9.17, 15) is 61.0 Å². The molecule has 530 valence electrons. The summed E-state index contributed by atoms with van der Waals surface area (Å²) in [7, 11) is 0. The van der Waals surface area contributed by atoms with Gasteiger partial charge in [-0.05, 0) is 57.8 Å². The molecule has 17 atom stereocenters. The Kier molecular flexibility index (Phi) is 48.7. The lowest BCUT2D eigenvalue weighted by molar-refractivity contribution is -0.379. The summed E-state index contributed by atoms with van der Waals surface area (Å²) in [5.74, 6) is -0.245. The lowest BCUT2D eigenvalue weighted by Crippen LogP contribution is -2.66. The highest BCUT2D eigenvalue weighted by molar-refractivity contribution is 5.76. The Bertz CT molecular complexity index is 1890. The van der Waals surface area contributed by atoms with Gasteiger partial charge in [0.05, 0.1) is 38.6 Å². The average Bonchev–Trinajstić information content (AvgIpc) is 1.40. The average molecular weight is 1300 g/mol. The molecule has 0 aromatic heterocycles. The highest BCUT2D eigenvalue weighted by Crippen LogP contribution is 2.33. The van der Waals surface area contributed by atoms with Crippen LogP contribution < -0.4 is 5.32 Å². The van der Waals surface area contributed by atoms with Crippen molar-refractivity contribution in [3.8, 4) is 0 Å². The second-order valence-corrected chi connectivity index (χ2v) is 25.7. The van der Waals surface area contributed by atoms with Crippen LogP contribution in [0.1, 0.15) is 258 Å². The minimum absolute atomic E-state index is 0.245. The van der Waals surface area contributed by atoms with E-state index in [0.717, 1.165) is 89.9 Å². The fourth-order valence-corrected chi connectivity index (χ4v) is 12.0. The van der Waals surface area contributed by atoms with Crippen LogP contribution in [0.15, 0.2) is 60.8 Å². The first-order valence-electron chi connectivity index (χ1n) is 36.0. The molecule has 3 heterocycles. The van der Waals surface area contributed by atoms with Crippen LogP contribution in [0.5, 0.6) is 0 Å². The van der Waals surface area contributed by atoms with Gasteiger partial charge in [0.2, 0.25) is 5.91 Å². The summed E-state index contributed by atoms with van der Waals surface area (Å²) in [5, 5.41) is 120. The molecule has 12 N–H and O–H groups in total. The Morgan fingerprint density at radius 1 is 0.407 bits per heavy atom. The number of carbonyl (C=O) groups excluding carboxylic acids is 1. The van der Waals surface area contributed by atoms with Gasteiger partial charge < -0.3 is 89.9 Å². The zero-order valence-corrected chi connectivity index (χ0v) is 56.1. The van der Waals surface area contributed by atoms with Gasteiger partial charge in [-0.3, -0.25) is 4.79 Å². The molecule has 0 aromatic rings. The first-order chi connectivity index (χ1) is 44.3. The summed E-state index contributed by atoms with van der Waals surface area (Å²) >= 11 is 0. The van der Waals surface area contributed by atoms with Crippen molar-refractivity contribution >= 4 is 5.91 Å². The van der Waals surface area contributed by atoms with Crippen LogP contribution in [0.2, 0.25) is 0 Å². The van der Waals surface area contributed by atoms with Crippen LogP contribution in [0.4, 0.5) is 0 Å². The number of hydrogen-bond acceptors (Lipinski definition) is 18. The minimum atomic E-state index is -1.97. The quantitative estimate of drug-likeness (QED) is 0.0199. The second kappa shape index (κ2) is 53.6. The normalized spacial score (nSPS) is 28.2. The smallest absolute Gasteiger partial charge is 0.220 e. The number of ether oxygens (including phenoxy) is 6. The monoisotopic (exact) mass is 1300 g/mol. The highest BCUT2D eigenvalue weighted by atomic mass is 16.8. The van der Waals surface area contributed by atoms with Crippen LogP contribution in [0.25, 0.3) is 0 Å². The van der Waals surface area contributed by atoms with Crippen molar-refractivity contribution < 1.29 is 89.4 Å². The van der Waals surface area contributed by atoms with Gasteiger partial charge in [0, 0.05) is 6.42 Å². The molecule has 3 aliphatic rings. The van der Waals surface area contributed by atoms with Gasteiger partial charge >= 0.3 is 0 Å². The Hall–Kier alpha value is -2.51. The van der Waals surface area contributed by atoms with Crippen LogP contribution in [-0.2, 0) is 33.2 Å². The molecule has 0 aromatic carbocycles. The Labute approximate surface area is 547 Å². The summed E-state index contributed by atoms with van der Waals surface area (Å²) in [6.07, 6.45) is 39.6. The lowest BCUT2D eigenvalue weighted by Gasteiger charge is -2.48. The molecule has 3 fully saturated rings. The lowest BCUT2D eigenvalue weighted by atomic mass is 9.96. The van der Waals surface area contributed by atoms with E-state index in [-0.39, 0.29) is 18.9 Å². The third-order valence-corrected chi connectivity index (χ3v) is 17.9. The van der Waals surface area contributed by atoms with E-state index in [2.05, 4.69) is 79.9 Å². The maximum absolute atomic E-state index is 13.3. The predicted octanol–water partition coefficient (Wildman–Crippen LogP) is 9.94. The number of rotatable bonds is 55. The van der Waals surface area contributed by atoms with Gasteiger partial charge in [0.1, 0.15) is 73.2 Å². The van der Waals surface area contributed by atoms with E-state index < -0.39 is 124 Å². The molecule has 17 unspecified atom stereocenters. The zero-order valence-electron chi connectivity index (χ0n) is 56.1. The molecular formula is C72H129NO18. The molecule has 3 saturated heterocycles. The van der Waals surface area contributed by atoms with Crippen molar-refractivity contribution in [2.75, 3.05) is 26.4 Å². The van der Waals surface area contributed by atoms with Crippen molar-refractivity contribution in [1.29, 1.82) is 0 Å². The molecule has 0 spiro atoms. The molecule has 19 heteroatoms. The second-order valence-electron chi connectivity index (χ2n) is 25.7. The largest absolute Gasteiger partial charge is 0.394 e. The number of unbranched alkanes of at least 4 members (excludes halogenated alkanes) is 29. The number of allylic oxidation sites excluding steroid dienone is 10. The predicted molar refractivity (Wildman–Crippen MR) is 355 cm³/mol. The SMILES string of the molecule is CC/C=C\C/C=C\C/C=C\C/C=C\C/C=C\CCCCCCCCCCCCCCCCCCCCCCCCCC(=O)NC(COC1OC(CO)C(OC2OC(CO)C(OC3OC(CO)C(O)C(O)C3O)C(O)C2O)C(O)C1O)C(O)CCCCCCCCC. The highest BCUT2D eigenvalue weighted by Gasteiger charge is 2.53. The van der Waals surface area contributed by atoms with Gasteiger partial charge in [0.25, 0.3) is 0 Å². The van der Waals surface area contributed by atoms with Crippen molar-refractivity contribution in [3.63, 3.8) is 0 Å². The molecule has 0 aliphatic carbocycles. The third kappa shape index (κ3) is 35.4. The van der Waals surface area contributed by atoms with Gasteiger partial charge in [-0.15, -0.1) is 0 Å². The van der Waals surface area contributed by atoms with E-state index in [0.29, 0.717) is 12.8 Å². The van der Waals surface area contributed by atoms with E-state index in [4.69, 9.17) is 28.4 Å². The van der Waals surface area contributed by atoms with Gasteiger partial charge in [-0.25, -0.2) is 0 Å². The number of hydrogen-bond donors (Lipinski definition) is 12. The topological polar surface area (TPSA) is 307 Å². The maximum Gasteiger partial charge on any atom is 0.220 e. The molecule has 0 radical (unpaired) electrons. The first-order valence-corrected chi connectivity index (χ1v) is 36.0. The Morgan fingerprint density at radius 3 is 1.19 bits per heavy atom. The molecule has 3 rings (SSSR count). The van der Waals surface area contributed by atoms with Crippen LogP contribution >= 0.6 is 0 Å². The third-order valence-electron chi connectivity index (χ3n) is 17.9. The molecule has 91 heavy (non-hydrogen) atoms. The van der Waals surface area contributed by atoms with E-state index in [1.807, 2.05) is 0 Å². The summed E-state index contributed by atoms with van der Waals surface area (Å²) in [5.41, 5.74) is 0. The molecule has 3 aliphatic heterocycles. The standard InChI is InChI=1S/C72H129NO18/c1-3-5-7-9-11-12-13-14-15-16-17-18-19-20-21-22-23-24-25-26-27-28-29-30-31-32-33-34-35-36-37-38-39-40-41-42-44-46-48-50-60(78)73-55(56(77)49-47-45-43-10-8-6-4-2)54-86-70-66(84)63(81)68(58(52-75)88-70)91-72-67(85)64(82)69(59(53-76)89-72)90-71-65(83)62(80)61(79)57(51-74)87-71/h5,7,11-12,14-15,17-18,20-21,55-59,61-72,74-77,79-85H,3-4,6,8-10,13,16,19,22-54H2,1-2H3,(H,73,78)/b7-5-,12-11-,15-14-,18-17-,21-20-. The van der Waals surface area contributed by atoms with Crippen molar-refractivity contribution in [2.24, 2.45) is 0 Å². The van der Waals surface area contributed by atoms with E-state index in [1.165, 1.54) is 135 Å². The van der Waals surface area contributed by atoms with Crippen molar-refractivity contribution in [1.82, 2.24) is 5.32 Å². The van der Waals surface area contributed by atoms with Gasteiger partial charge in [-0.2, -0.15) is 0 Å². The van der Waals surface area contributed by atoms with Crippen LogP contribution in [0, 0.1) is 0 Å². The van der Waals surface area contributed by atoms with Gasteiger partial charge in [0.15, 0.2) is 18.9 Å². The summed E-state index contributed by atoms with van der Waals surface area (Å²) in [4.78, 5) is 13.3. The number of nitrogens with one attached hydrogen (secondary N) is 1. The fourth-order valence-electron chi connectivity index (χ4n) is 12.0. The minimum Gasteiger partial charge on any atom is -0.394 e. The molecule has 19 nitrogen and oxygen atoms in total. The molecule has 0 bridgehead atoms. The van der Waals surface area contributed by atoms with Gasteiger partial charge in [-0.1, -0.05) is 254 Å². The first kappa shape index (κ1) is 82.7. The van der Waals surface area contributed by atoms with Crippen molar-refractivity contribution in [2.45, 2.75) is 362 Å². The maximum atomic E-state index is 13.3. The van der Waals surface area contributed by atoms with Crippen LogP contribution in [-0.4, -0.2) is 193 Å². The fraction of sp³-hybridized carbons (Fsp3) is 0.847. The summed E-state index contributed by atoms with van der Waals surface area (Å²) in [6, 6.07) is -0.883. The molecule has 1 amide bonds. The van der Waals surface area contributed by atoms with Crippen molar-refractivity contribution in [3.05, 3.63) is 60.8 Å². The number of aliphatic hydroxyl groups excluding tert-OH is 11. The molecule has 0 saturated carbocycles. The summed E-state index contributed by atoms with van der Waals surface area (Å²) < 4.78 is 34.3. The molecular weight excluding hydrogens is 1170 g/mol. The van der Waals surface area contributed by atoms with E-state index >= 15 is 0 Å². The number of aliphatic hydroxyl groups is 11. The summed E-state index contributed by atoms with van der Waals surface area (Å²) in [6.45, 7) is 1.62. The number of amides is 1. The Morgan fingerprint density at radius 2 is 0.758 bits per heavy atom. The Balaban J connectivity index is 1.24. The zero-order chi connectivity index (χ0) is 66.1. The number of carbonyl (C=O) groups is 1. The van der Waals surface area contributed by atoms with Crippen LogP contribution in [0.3, 0.4) is 0 Å².